The van der Waals surface area contributed by atoms with Crippen LogP contribution in [0.25, 0.3) is 0 Å². The van der Waals surface area contributed by atoms with E-state index in [1.54, 1.807) is 0 Å². The van der Waals surface area contributed by atoms with Crippen molar-refractivity contribution in [1.82, 2.24) is 0 Å². The van der Waals surface area contributed by atoms with Gasteiger partial charge in [0.05, 0.1) is 24.4 Å². The molecule has 0 rings (SSSR count). The van der Waals surface area contributed by atoms with E-state index in [4.69, 9.17) is 20.3 Å². The highest BCUT2D eigenvalue weighted by atomic mass is 16.5. The molecule has 3 N–H and O–H groups in total. The van der Waals surface area contributed by atoms with Crippen LogP contribution in [-0.4, -0.2) is 42.7 Å². The molecule has 0 fully saturated rings. The summed E-state index contributed by atoms with van der Waals surface area (Å²) in [5.41, 5.74) is 4.92. The Morgan fingerprint density at radius 2 is 1.44 bits per heavy atom. The van der Waals surface area contributed by atoms with Gasteiger partial charge in [-0.2, -0.15) is 0 Å². The minimum Gasteiger partial charge on any atom is -0.396 e. The van der Waals surface area contributed by atoms with Crippen LogP contribution in [0.3, 0.4) is 0 Å². The molecule has 98 valence electrons. The summed E-state index contributed by atoms with van der Waals surface area (Å²) in [6.45, 7) is 9.93. The first-order valence-corrected chi connectivity index (χ1v) is 5.92. The number of ether oxygens (including phenoxy) is 2. The lowest BCUT2D eigenvalue weighted by Gasteiger charge is -2.29. The van der Waals surface area contributed by atoms with E-state index in [1.165, 1.54) is 0 Å². The molecular formula is C12H27NO3. The van der Waals surface area contributed by atoms with Crippen molar-refractivity contribution in [3.8, 4) is 0 Å². The Hall–Kier alpha value is -0.160. The predicted octanol–water partition coefficient (Wildman–Crippen LogP) is 1.31. The second-order valence-corrected chi connectivity index (χ2v) is 5.23. The summed E-state index contributed by atoms with van der Waals surface area (Å²) >= 11 is 0. The quantitative estimate of drug-likeness (QED) is 0.630. The van der Waals surface area contributed by atoms with Crippen LogP contribution in [-0.2, 0) is 9.47 Å². The first-order chi connectivity index (χ1) is 7.33. The molecule has 0 saturated carbocycles. The topological polar surface area (TPSA) is 64.7 Å². The normalized spacial score (nSPS) is 13.1. The number of aliphatic hydroxyl groups excluding tert-OH is 1. The van der Waals surface area contributed by atoms with E-state index < -0.39 is 0 Å². The summed E-state index contributed by atoms with van der Waals surface area (Å²) < 4.78 is 11.3. The number of hydrogen-bond donors (Lipinski definition) is 2. The average Bonchev–Trinajstić information content (AvgIpc) is 2.14. The fourth-order valence-corrected chi connectivity index (χ4v) is 1.32. The summed E-state index contributed by atoms with van der Waals surface area (Å²) in [4.78, 5) is 0. The standard InChI is InChI=1S/C12H27NO3/c1-11(2,5-8-14)15-9-6-12(3,4)16-10-7-13/h14H,5-10,13H2,1-4H3. The second kappa shape index (κ2) is 7.22. The predicted molar refractivity (Wildman–Crippen MR) is 65.4 cm³/mol. The second-order valence-electron chi connectivity index (χ2n) is 5.23. The molecule has 0 aromatic rings. The maximum absolute atomic E-state index is 8.86. The maximum atomic E-state index is 8.86. The van der Waals surface area contributed by atoms with Crippen LogP contribution in [0.1, 0.15) is 40.5 Å². The Morgan fingerprint density at radius 3 is 1.94 bits per heavy atom. The fraction of sp³-hybridized carbons (Fsp3) is 1.00. The summed E-state index contributed by atoms with van der Waals surface area (Å²) in [5, 5.41) is 8.86. The van der Waals surface area contributed by atoms with E-state index in [2.05, 4.69) is 0 Å². The van der Waals surface area contributed by atoms with Crippen LogP contribution < -0.4 is 5.73 Å². The molecule has 0 unspecified atom stereocenters. The van der Waals surface area contributed by atoms with Crippen LogP contribution in [0.15, 0.2) is 0 Å². The van der Waals surface area contributed by atoms with E-state index in [0.717, 1.165) is 6.42 Å². The van der Waals surface area contributed by atoms with Crippen LogP contribution >= 0.6 is 0 Å². The van der Waals surface area contributed by atoms with Gasteiger partial charge in [0.15, 0.2) is 0 Å². The minimum absolute atomic E-state index is 0.153. The molecule has 0 aliphatic rings. The van der Waals surface area contributed by atoms with Gasteiger partial charge in [0.1, 0.15) is 0 Å². The van der Waals surface area contributed by atoms with Crippen molar-refractivity contribution in [2.45, 2.75) is 51.7 Å². The van der Waals surface area contributed by atoms with Gasteiger partial charge in [-0.1, -0.05) is 0 Å². The molecular weight excluding hydrogens is 206 g/mol. The van der Waals surface area contributed by atoms with Crippen molar-refractivity contribution in [3.63, 3.8) is 0 Å². The molecule has 0 bridgehead atoms. The van der Waals surface area contributed by atoms with E-state index >= 15 is 0 Å². The van der Waals surface area contributed by atoms with Crippen LogP contribution in [0.4, 0.5) is 0 Å². The van der Waals surface area contributed by atoms with Crippen molar-refractivity contribution in [1.29, 1.82) is 0 Å². The fourth-order valence-electron chi connectivity index (χ4n) is 1.32. The van der Waals surface area contributed by atoms with Gasteiger partial charge in [-0.25, -0.2) is 0 Å². The molecule has 0 saturated heterocycles. The first-order valence-electron chi connectivity index (χ1n) is 5.92. The summed E-state index contributed by atoms with van der Waals surface area (Å²) in [7, 11) is 0. The van der Waals surface area contributed by atoms with E-state index in [-0.39, 0.29) is 17.8 Å². The zero-order valence-electron chi connectivity index (χ0n) is 11.1. The van der Waals surface area contributed by atoms with Crippen LogP contribution in [0.5, 0.6) is 0 Å². The van der Waals surface area contributed by atoms with E-state index in [9.17, 15) is 0 Å². The van der Waals surface area contributed by atoms with Crippen LogP contribution in [0, 0.1) is 0 Å². The van der Waals surface area contributed by atoms with Gasteiger partial charge in [0, 0.05) is 13.2 Å². The lowest BCUT2D eigenvalue weighted by atomic mass is 10.0. The molecule has 0 aromatic heterocycles. The van der Waals surface area contributed by atoms with Crippen molar-refractivity contribution < 1.29 is 14.6 Å². The number of hydrogen-bond acceptors (Lipinski definition) is 4. The van der Waals surface area contributed by atoms with Gasteiger partial charge in [-0.15, -0.1) is 0 Å². The number of nitrogens with two attached hydrogens (primary N) is 1. The molecule has 0 spiro atoms. The zero-order chi connectivity index (χ0) is 12.7. The van der Waals surface area contributed by atoms with Crippen molar-refractivity contribution in [3.05, 3.63) is 0 Å². The summed E-state index contributed by atoms with van der Waals surface area (Å²) in [6, 6.07) is 0. The Bertz CT molecular complexity index is 181. The highest BCUT2D eigenvalue weighted by molar-refractivity contribution is 4.72. The highest BCUT2D eigenvalue weighted by Gasteiger charge is 2.22. The molecule has 0 atom stereocenters. The summed E-state index contributed by atoms with van der Waals surface area (Å²) in [5.74, 6) is 0. The maximum Gasteiger partial charge on any atom is 0.0649 e. The molecule has 4 nitrogen and oxygen atoms in total. The monoisotopic (exact) mass is 233 g/mol. The molecule has 4 heteroatoms. The Labute approximate surface area is 99.1 Å². The summed E-state index contributed by atoms with van der Waals surface area (Å²) in [6.07, 6.45) is 1.47. The van der Waals surface area contributed by atoms with Gasteiger partial charge in [0.2, 0.25) is 0 Å². The third-order valence-corrected chi connectivity index (χ3v) is 2.52. The Morgan fingerprint density at radius 1 is 0.938 bits per heavy atom. The molecule has 0 radical (unpaired) electrons. The van der Waals surface area contributed by atoms with Crippen molar-refractivity contribution in [2.75, 3.05) is 26.4 Å². The molecule has 0 aliphatic heterocycles. The average molecular weight is 233 g/mol. The largest absolute Gasteiger partial charge is 0.396 e. The molecule has 16 heavy (non-hydrogen) atoms. The third-order valence-electron chi connectivity index (χ3n) is 2.52. The molecule has 0 aliphatic carbocycles. The Kier molecular flexibility index (Phi) is 7.15. The van der Waals surface area contributed by atoms with Gasteiger partial charge in [-0.3, -0.25) is 0 Å². The highest BCUT2D eigenvalue weighted by Crippen LogP contribution is 2.18. The van der Waals surface area contributed by atoms with Gasteiger partial charge < -0.3 is 20.3 Å². The SMILES string of the molecule is CC(C)(CCO)OCCC(C)(C)OCCN. The molecule has 0 heterocycles. The van der Waals surface area contributed by atoms with E-state index in [0.29, 0.717) is 26.2 Å². The molecule has 0 aromatic carbocycles. The van der Waals surface area contributed by atoms with Crippen molar-refractivity contribution in [2.24, 2.45) is 5.73 Å². The van der Waals surface area contributed by atoms with E-state index in [1.807, 2.05) is 27.7 Å². The zero-order valence-corrected chi connectivity index (χ0v) is 11.1. The van der Waals surface area contributed by atoms with Crippen LogP contribution in [0.2, 0.25) is 0 Å². The van der Waals surface area contributed by atoms with Gasteiger partial charge in [-0.05, 0) is 40.5 Å². The van der Waals surface area contributed by atoms with Gasteiger partial charge in [0.25, 0.3) is 0 Å². The Balaban J connectivity index is 3.78. The lowest BCUT2D eigenvalue weighted by molar-refractivity contribution is -0.0760. The lowest BCUT2D eigenvalue weighted by Crippen LogP contribution is -2.32. The van der Waals surface area contributed by atoms with Crippen molar-refractivity contribution >= 4 is 0 Å². The number of aliphatic hydroxyl groups is 1. The minimum atomic E-state index is -0.265. The van der Waals surface area contributed by atoms with Gasteiger partial charge >= 0.3 is 0 Å². The first kappa shape index (κ1) is 15.8. The smallest absolute Gasteiger partial charge is 0.0649 e. The number of rotatable bonds is 9. The third kappa shape index (κ3) is 8.05. The molecule has 0 amide bonds.